The molecule has 88 valence electrons. The monoisotopic (exact) mass is 218 g/mol. The van der Waals surface area contributed by atoms with Crippen LogP contribution in [0.25, 0.3) is 0 Å². The van der Waals surface area contributed by atoms with Gasteiger partial charge in [-0.2, -0.15) is 0 Å². The highest BCUT2D eigenvalue weighted by atomic mass is 15.2. The molecule has 0 bridgehead atoms. The molecular formula is C14H22N2. The third kappa shape index (κ3) is 2.22. The second-order valence-electron chi connectivity index (χ2n) is 4.97. The third-order valence-corrected chi connectivity index (χ3v) is 3.52. The quantitative estimate of drug-likeness (QED) is 0.839. The predicted molar refractivity (Wildman–Crippen MR) is 70.2 cm³/mol. The Balaban J connectivity index is 2.24. The molecular weight excluding hydrogens is 196 g/mol. The predicted octanol–water partition coefficient (Wildman–Crippen LogP) is 2.61. The molecule has 0 amide bonds. The molecule has 1 aromatic rings. The van der Waals surface area contributed by atoms with Crippen LogP contribution in [0.5, 0.6) is 0 Å². The van der Waals surface area contributed by atoms with E-state index in [1.807, 2.05) is 0 Å². The summed E-state index contributed by atoms with van der Waals surface area (Å²) in [5, 5.41) is 3.43. The SMILES string of the molecule is CC(C)c1ccccc1N(C)C1CCNC1. The maximum atomic E-state index is 3.43. The standard InChI is InChI=1S/C14H22N2/c1-11(2)13-6-4-5-7-14(13)16(3)12-8-9-15-10-12/h4-7,11-12,15H,8-10H2,1-3H3. The van der Waals surface area contributed by atoms with Crippen molar-refractivity contribution in [2.75, 3.05) is 25.0 Å². The van der Waals surface area contributed by atoms with E-state index in [-0.39, 0.29) is 0 Å². The number of para-hydroxylation sites is 1. The molecule has 1 fully saturated rings. The fourth-order valence-electron chi connectivity index (χ4n) is 2.46. The van der Waals surface area contributed by atoms with Crippen molar-refractivity contribution < 1.29 is 0 Å². The molecule has 1 N–H and O–H groups in total. The van der Waals surface area contributed by atoms with Gasteiger partial charge in [0.25, 0.3) is 0 Å². The van der Waals surface area contributed by atoms with Gasteiger partial charge in [0.2, 0.25) is 0 Å². The van der Waals surface area contributed by atoms with Gasteiger partial charge in [-0.1, -0.05) is 32.0 Å². The molecule has 16 heavy (non-hydrogen) atoms. The summed E-state index contributed by atoms with van der Waals surface area (Å²) in [5.41, 5.74) is 2.85. The van der Waals surface area contributed by atoms with Crippen molar-refractivity contribution in [2.24, 2.45) is 0 Å². The van der Waals surface area contributed by atoms with Gasteiger partial charge in [0.1, 0.15) is 0 Å². The van der Waals surface area contributed by atoms with E-state index in [0.29, 0.717) is 12.0 Å². The van der Waals surface area contributed by atoms with Gasteiger partial charge in [-0.05, 0) is 30.5 Å². The van der Waals surface area contributed by atoms with Crippen LogP contribution in [0.4, 0.5) is 5.69 Å². The number of hydrogen-bond acceptors (Lipinski definition) is 2. The van der Waals surface area contributed by atoms with Gasteiger partial charge in [0.15, 0.2) is 0 Å². The number of likely N-dealkylation sites (N-methyl/N-ethyl adjacent to an activating group) is 1. The van der Waals surface area contributed by atoms with Crippen molar-refractivity contribution in [2.45, 2.75) is 32.2 Å². The summed E-state index contributed by atoms with van der Waals surface area (Å²) in [6.45, 7) is 6.79. The van der Waals surface area contributed by atoms with Crippen LogP contribution in [-0.2, 0) is 0 Å². The minimum absolute atomic E-state index is 0.591. The number of benzene rings is 1. The first-order valence-electron chi connectivity index (χ1n) is 6.22. The largest absolute Gasteiger partial charge is 0.370 e. The van der Waals surface area contributed by atoms with Crippen molar-refractivity contribution in [1.29, 1.82) is 0 Å². The van der Waals surface area contributed by atoms with Crippen molar-refractivity contribution in [3.05, 3.63) is 29.8 Å². The van der Waals surface area contributed by atoms with Gasteiger partial charge >= 0.3 is 0 Å². The van der Waals surface area contributed by atoms with Crippen molar-refractivity contribution in [3.8, 4) is 0 Å². The number of nitrogens with one attached hydrogen (secondary N) is 1. The Morgan fingerprint density at radius 2 is 2.06 bits per heavy atom. The van der Waals surface area contributed by atoms with E-state index in [9.17, 15) is 0 Å². The van der Waals surface area contributed by atoms with Crippen molar-refractivity contribution in [1.82, 2.24) is 5.32 Å². The lowest BCUT2D eigenvalue weighted by Crippen LogP contribution is -2.34. The number of nitrogens with zero attached hydrogens (tertiary/aromatic N) is 1. The molecule has 2 nitrogen and oxygen atoms in total. The van der Waals surface area contributed by atoms with Crippen LogP contribution in [0.3, 0.4) is 0 Å². The number of hydrogen-bond donors (Lipinski definition) is 1. The van der Waals surface area contributed by atoms with E-state index in [4.69, 9.17) is 0 Å². The Morgan fingerprint density at radius 3 is 2.69 bits per heavy atom. The van der Waals surface area contributed by atoms with E-state index in [2.05, 4.69) is 55.4 Å². The van der Waals surface area contributed by atoms with E-state index in [1.165, 1.54) is 17.7 Å². The molecule has 2 rings (SSSR count). The molecule has 0 saturated carbocycles. The summed E-state index contributed by atoms with van der Waals surface area (Å²) >= 11 is 0. The Hall–Kier alpha value is -1.02. The average molecular weight is 218 g/mol. The van der Waals surface area contributed by atoms with Crippen LogP contribution in [0.15, 0.2) is 24.3 Å². The molecule has 1 atom stereocenters. The highest BCUT2D eigenvalue weighted by Gasteiger charge is 2.21. The van der Waals surface area contributed by atoms with E-state index < -0.39 is 0 Å². The summed E-state index contributed by atoms with van der Waals surface area (Å²) in [4.78, 5) is 2.44. The summed E-state index contributed by atoms with van der Waals surface area (Å²) in [7, 11) is 2.22. The lowest BCUT2D eigenvalue weighted by molar-refractivity contribution is 0.679. The van der Waals surface area contributed by atoms with Gasteiger partial charge in [0, 0.05) is 25.3 Å². The van der Waals surface area contributed by atoms with Crippen LogP contribution in [0, 0.1) is 0 Å². The van der Waals surface area contributed by atoms with Gasteiger partial charge in [0.05, 0.1) is 0 Å². The maximum absolute atomic E-state index is 3.43. The van der Waals surface area contributed by atoms with Crippen LogP contribution >= 0.6 is 0 Å². The molecule has 1 aromatic carbocycles. The highest BCUT2D eigenvalue weighted by molar-refractivity contribution is 5.55. The van der Waals surface area contributed by atoms with Crippen LogP contribution in [0.2, 0.25) is 0 Å². The van der Waals surface area contributed by atoms with Gasteiger partial charge in [-0.25, -0.2) is 0 Å². The third-order valence-electron chi connectivity index (χ3n) is 3.52. The van der Waals surface area contributed by atoms with Crippen LogP contribution < -0.4 is 10.2 Å². The Bertz CT molecular complexity index is 340. The summed E-state index contributed by atoms with van der Waals surface area (Å²) in [5.74, 6) is 0.591. The van der Waals surface area contributed by atoms with Crippen LogP contribution in [0.1, 0.15) is 31.7 Å². The molecule has 2 heteroatoms. The number of anilines is 1. The van der Waals surface area contributed by atoms with Crippen molar-refractivity contribution in [3.63, 3.8) is 0 Å². The lowest BCUT2D eigenvalue weighted by atomic mass is 10.00. The minimum atomic E-state index is 0.591. The Morgan fingerprint density at radius 1 is 1.31 bits per heavy atom. The Kier molecular flexibility index (Phi) is 3.49. The fourth-order valence-corrected chi connectivity index (χ4v) is 2.46. The second kappa shape index (κ2) is 4.88. The molecule has 1 aliphatic rings. The van der Waals surface area contributed by atoms with E-state index in [1.54, 1.807) is 0 Å². The topological polar surface area (TPSA) is 15.3 Å². The van der Waals surface area contributed by atoms with E-state index >= 15 is 0 Å². The molecule has 1 aliphatic heterocycles. The maximum Gasteiger partial charge on any atom is 0.0423 e. The molecule has 1 heterocycles. The fraction of sp³-hybridized carbons (Fsp3) is 0.571. The zero-order valence-corrected chi connectivity index (χ0v) is 10.5. The molecule has 0 aromatic heterocycles. The first kappa shape index (κ1) is 11.5. The molecule has 0 aliphatic carbocycles. The summed E-state index contributed by atoms with van der Waals surface area (Å²) in [6.07, 6.45) is 1.25. The zero-order valence-electron chi connectivity index (χ0n) is 10.5. The summed E-state index contributed by atoms with van der Waals surface area (Å²) < 4.78 is 0. The highest BCUT2D eigenvalue weighted by Crippen LogP contribution is 2.28. The smallest absolute Gasteiger partial charge is 0.0423 e. The van der Waals surface area contributed by atoms with E-state index in [0.717, 1.165) is 13.1 Å². The Labute approximate surface area is 98.7 Å². The molecule has 1 saturated heterocycles. The lowest BCUT2D eigenvalue weighted by Gasteiger charge is -2.29. The molecule has 0 spiro atoms. The number of rotatable bonds is 3. The zero-order chi connectivity index (χ0) is 11.5. The average Bonchev–Trinajstić information content (AvgIpc) is 2.81. The van der Waals surface area contributed by atoms with Gasteiger partial charge in [-0.3, -0.25) is 0 Å². The van der Waals surface area contributed by atoms with Gasteiger partial charge in [-0.15, -0.1) is 0 Å². The van der Waals surface area contributed by atoms with Gasteiger partial charge < -0.3 is 10.2 Å². The second-order valence-corrected chi connectivity index (χ2v) is 4.97. The minimum Gasteiger partial charge on any atom is -0.370 e. The van der Waals surface area contributed by atoms with Crippen LogP contribution in [-0.4, -0.2) is 26.2 Å². The molecule has 0 radical (unpaired) electrons. The molecule has 1 unspecified atom stereocenters. The van der Waals surface area contributed by atoms with Crippen molar-refractivity contribution >= 4 is 5.69 Å². The normalized spacial score (nSPS) is 20.4. The summed E-state index contributed by atoms with van der Waals surface area (Å²) in [6, 6.07) is 9.42. The first-order chi connectivity index (χ1) is 7.70. The first-order valence-corrected chi connectivity index (χ1v) is 6.22.